The standard InChI is InChI=1S/C22H30N3/c1-6-7-8-13-25-21-15-19(23(2)3)11-9-17(21)14-18-10-12-20(24(4)5)16-22(18)25/h9-12,14-16H,6-8,13H2,1-5H3/q+1. The number of aromatic nitrogens is 1. The first-order chi connectivity index (χ1) is 12.0. The van der Waals surface area contributed by atoms with Crippen LogP contribution in [0.5, 0.6) is 0 Å². The number of fused-ring (bicyclic) bond motifs is 2. The van der Waals surface area contributed by atoms with Crippen molar-refractivity contribution in [3.05, 3.63) is 42.5 Å². The number of anilines is 2. The molecule has 3 nitrogen and oxygen atoms in total. The van der Waals surface area contributed by atoms with Gasteiger partial charge in [-0.2, -0.15) is 4.57 Å². The molecule has 0 saturated heterocycles. The lowest BCUT2D eigenvalue weighted by molar-refractivity contribution is -0.645. The van der Waals surface area contributed by atoms with E-state index in [0.29, 0.717) is 0 Å². The highest BCUT2D eigenvalue weighted by Crippen LogP contribution is 2.25. The summed E-state index contributed by atoms with van der Waals surface area (Å²) in [4.78, 5) is 4.35. The van der Waals surface area contributed by atoms with Gasteiger partial charge in [0.2, 0.25) is 11.0 Å². The van der Waals surface area contributed by atoms with Crippen LogP contribution in [0.2, 0.25) is 0 Å². The van der Waals surface area contributed by atoms with Crippen molar-refractivity contribution in [1.82, 2.24) is 0 Å². The Balaban J connectivity index is 2.26. The Labute approximate surface area is 151 Å². The highest BCUT2D eigenvalue weighted by Gasteiger charge is 2.17. The van der Waals surface area contributed by atoms with Crippen molar-refractivity contribution in [3.63, 3.8) is 0 Å². The molecule has 0 aliphatic heterocycles. The van der Waals surface area contributed by atoms with E-state index in [0.717, 1.165) is 6.54 Å². The zero-order valence-electron chi connectivity index (χ0n) is 16.2. The molecule has 2 aromatic carbocycles. The maximum Gasteiger partial charge on any atom is 0.215 e. The lowest BCUT2D eigenvalue weighted by Gasteiger charge is -2.15. The second-order valence-corrected chi connectivity index (χ2v) is 7.28. The molecule has 0 aliphatic carbocycles. The van der Waals surface area contributed by atoms with E-state index in [1.165, 1.54) is 52.4 Å². The third-order valence-electron chi connectivity index (χ3n) is 4.94. The summed E-state index contributed by atoms with van der Waals surface area (Å²) in [6.45, 7) is 3.33. The van der Waals surface area contributed by atoms with Crippen LogP contribution in [0, 0.1) is 0 Å². The summed E-state index contributed by atoms with van der Waals surface area (Å²) in [6, 6.07) is 15.9. The Kier molecular flexibility index (Phi) is 5.12. The van der Waals surface area contributed by atoms with E-state index in [1.54, 1.807) is 0 Å². The maximum atomic E-state index is 2.51. The maximum absolute atomic E-state index is 2.51. The molecule has 132 valence electrons. The molecule has 0 unspecified atom stereocenters. The molecule has 1 heterocycles. The average Bonchev–Trinajstić information content (AvgIpc) is 2.60. The normalized spacial score (nSPS) is 11.2. The van der Waals surface area contributed by atoms with Gasteiger partial charge in [0.15, 0.2) is 0 Å². The number of unbranched alkanes of at least 4 members (excludes halogenated alkanes) is 2. The van der Waals surface area contributed by atoms with Crippen LogP contribution in [0.25, 0.3) is 21.8 Å². The molecule has 1 aromatic heterocycles. The van der Waals surface area contributed by atoms with Crippen LogP contribution in [-0.4, -0.2) is 28.2 Å². The molecule has 3 rings (SSSR count). The first-order valence-corrected chi connectivity index (χ1v) is 9.26. The van der Waals surface area contributed by atoms with Gasteiger partial charge in [-0.3, -0.25) is 0 Å². The Hall–Kier alpha value is -2.29. The van der Waals surface area contributed by atoms with E-state index in [4.69, 9.17) is 0 Å². The summed E-state index contributed by atoms with van der Waals surface area (Å²) in [6.07, 6.45) is 3.73. The van der Waals surface area contributed by atoms with Gasteiger partial charge in [-0.1, -0.05) is 13.3 Å². The zero-order chi connectivity index (χ0) is 18.0. The van der Waals surface area contributed by atoms with Crippen LogP contribution in [0.1, 0.15) is 26.2 Å². The van der Waals surface area contributed by atoms with Gasteiger partial charge in [0.1, 0.15) is 6.54 Å². The van der Waals surface area contributed by atoms with E-state index < -0.39 is 0 Å². The van der Waals surface area contributed by atoms with E-state index in [9.17, 15) is 0 Å². The fourth-order valence-electron chi connectivity index (χ4n) is 3.39. The van der Waals surface area contributed by atoms with Gasteiger partial charge in [0, 0.05) is 68.9 Å². The van der Waals surface area contributed by atoms with Crippen molar-refractivity contribution in [2.24, 2.45) is 0 Å². The Morgan fingerprint density at radius 2 is 1.24 bits per heavy atom. The van der Waals surface area contributed by atoms with Gasteiger partial charge >= 0.3 is 0 Å². The van der Waals surface area contributed by atoms with Crippen molar-refractivity contribution in [1.29, 1.82) is 0 Å². The van der Waals surface area contributed by atoms with Gasteiger partial charge in [-0.15, -0.1) is 0 Å². The first kappa shape index (κ1) is 17.5. The van der Waals surface area contributed by atoms with E-state index in [1.807, 2.05) is 0 Å². The average molecular weight is 337 g/mol. The van der Waals surface area contributed by atoms with Gasteiger partial charge < -0.3 is 9.80 Å². The molecule has 25 heavy (non-hydrogen) atoms. The smallest absolute Gasteiger partial charge is 0.215 e. The number of rotatable bonds is 6. The van der Waals surface area contributed by atoms with Crippen molar-refractivity contribution in [3.8, 4) is 0 Å². The Morgan fingerprint density at radius 3 is 1.68 bits per heavy atom. The quantitative estimate of drug-likeness (QED) is 0.370. The first-order valence-electron chi connectivity index (χ1n) is 9.26. The molecule has 0 saturated carbocycles. The highest BCUT2D eigenvalue weighted by molar-refractivity contribution is 5.91. The number of nitrogens with zero attached hydrogens (tertiary/aromatic N) is 3. The van der Waals surface area contributed by atoms with Crippen LogP contribution in [0.4, 0.5) is 11.4 Å². The SMILES string of the molecule is CCCCC[n+]1c2cc(N(C)C)ccc2cc2ccc(N(C)C)cc21. The minimum atomic E-state index is 1.06. The number of hydrogen-bond acceptors (Lipinski definition) is 2. The monoisotopic (exact) mass is 336 g/mol. The van der Waals surface area contributed by atoms with E-state index in [2.05, 4.69) is 91.9 Å². The molecule has 0 N–H and O–H groups in total. The fraction of sp³-hybridized carbons (Fsp3) is 0.409. The van der Waals surface area contributed by atoms with Gasteiger partial charge in [0.25, 0.3) is 0 Å². The van der Waals surface area contributed by atoms with Crippen molar-refractivity contribution in [2.75, 3.05) is 38.0 Å². The molecule has 0 fully saturated rings. The molecule has 0 radical (unpaired) electrons. The number of aryl methyl sites for hydroxylation is 1. The molecule has 3 heteroatoms. The lowest BCUT2D eigenvalue weighted by atomic mass is 10.1. The van der Waals surface area contributed by atoms with Crippen LogP contribution < -0.4 is 14.4 Å². The summed E-state index contributed by atoms with van der Waals surface area (Å²) in [7, 11) is 8.42. The van der Waals surface area contributed by atoms with Crippen molar-refractivity contribution in [2.45, 2.75) is 32.7 Å². The van der Waals surface area contributed by atoms with Crippen LogP contribution in [0.15, 0.2) is 42.5 Å². The summed E-state index contributed by atoms with van der Waals surface area (Å²) in [5.74, 6) is 0. The predicted molar refractivity (Wildman–Crippen MR) is 110 cm³/mol. The summed E-state index contributed by atoms with van der Waals surface area (Å²) >= 11 is 0. The number of benzene rings is 2. The minimum absolute atomic E-state index is 1.06. The molecular formula is C22H30N3+. The van der Waals surface area contributed by atoms with Crippen LogP contribution in [-0.2, 0) is 6.54 Å². The van der Waals surface area contributed by atoms with E-state index >= 15 is 0 Å². The minimum Gasteiger partial charge on any atom is -0.377 e. The molecule has 0 amide bonds. The summed E-state index contributed by atoms with van der Waals surface area (Å²) in [5.41, 5.74) is 5.15. The molecular weight excluding hydrogens is 306 g/mol. The summed E-state index contributed by atoms with van der Waals surface area (Å²) in [5, 5.41) is 2.62. The van der Waals surface area contributed by atoms with Crippen LogP contribution >= 0.6 is 0 Å². The van der Waals surface area contributed by atoms with Gasteiger partial charge in [0.05, 0.1) is 0 Å². The van der Waals surface area contributed by atoms with Crippen LogP contribution in [0.3, 0.4) is 0 Å². The van der Waals surface area contributed by atoms with E-state index in [-0.39, 0.29) is 0 Å². The third kappa shape index (κ3) is 3.55. The lowest BCUT2D eigenvalue weighted by Crippen LogP contribution is -2.36. The molecule has 0 spiro atoms. The molecule has 0 bridgehead atoms. The molecule has 3 aromatic rings. The van der Waals surface area contributed by atoms with Gasteiger partial charge in [-0.05, 0) is 36.8 Å². The Morgan fingerprint density at radius 1 is 0.720 bits per heavy atom. The molecule has 0 atom stereocenters. The molecule has 0 aliphatic rings. The summed E-state index contributed by atoms with van der Waals surface area (Å²) < 4.78 is 2.51. The van der Waals surface area contributed by atoms with Crippen molar-refractivity contribution >= 4 is 33.2 Å². The van der Waals surface area contributed by atoms with Crippen molar-refractivity contribution < 1.29 is 4.57 Å². The fourth-order valence-corrected chi connectivity index (χ4v) is 3.39. The zero-order valence-corrected chi connectivity index (χ0v) is 16.2. The Bertz CT molecular complexity index is 815. The highest BCUT2D eigenvalue weighted by atomic mass is 15.1. The number of pyridine rings is 1. The second kappa shape index (κ2) is 7.30. The largest absolute Gasteiger partial charge is 0.377 e. The third-order valence-corrected chi connectivity index (χ3v) is 4.94. The second-order valence-electron chi connectivity index (χ2n) is 7.28. The van der Waals surface area contributed by atoms with Gasteiger partial charge in [-0.25, -0.2) is 0 Å². The topological polar surface area (TPSA) is 10.4 Å². The number of hydrogen-bond donors (Lipinski definition) is 0. The predicted octanol–water partition coefficient (Wildman–Crippen LogP) is 4.60.